The summed E-state index contributed by atoms with van der Waals surface area (Å²) < 4.78 is -0.0492. The highest BCUT2D eigenvalue weighted by atomic mass is 80.0. The van der Waals surface area contributed by atoms with Gasteiger partial charge in [0.15, 0.2) is 0 Å². The van der Waals surface area contributed by atoms with E-state index in [4.69, 9.17) is 0 Å². The van der Waals surface area contributed by atoms with E-state index in [1.54, 1.807) is 0 Å². The first-order valence-corrected chi connectivity index (χ1v) is 8.97. The van der Waals surface area contributed by atoms with E-state index in [9.17, 15) is 0 Å². The molecule has 1 atom stereocenters. The van der Waals surface area contributed by atoms with Crippen LogP contribution in [-0.4, -0.2) is 2.14 Å². The summed E-state index contributed by atoms with van der Waals surface area (Å²) in [5.74, 6) is 0.684. The van der Waals surface area contributed by atoms with Crippen molar-refractivity contribution in [2.24, 2.45) is 5.92 Å². The Morgan fingerprint density at radius 2 is 1.31 bits per heavy atom. The molecule has 0 amide bonds. The normalized spacial score (nSPS) is 14.1. The molecule has 0 nitrogen and oxygen atoms in total. The highest BCUT2D eigenvalue weighted by Gasteiger charge is 2.29. The van der Waals surface area contributed by atoms with E-state index in [1.807, 2.05) is 0 Å². The van der Waals surface area contributed by atoms with Crippen LogP contribution < -0.4 is 0 Å². The van der Waals surface area contributed by atoms with Crippen LogP contribution in [0.15, 0.2) is 0 Å². The van der Waals surface area contributed by atoms with Crippen molar-refractivity contribution in [1.29, 1.82) is 0 Å². The summed E-state index contributed by atoms with van der Waals surface area (Å²) in [4.78, 5) is 0. The van der Waals surface area contributed by atoms with Gasteiger partial charge in [0, 0.05) is 0 Å². The van der Waals surface area contributed by atoms with E-state index in [0.29, 0.717) is 5.92 Å². The van der Waals surface area contributed by atoms with Crippen LogP contribution in [0.25, 0.3) is 0 Å². The monoisotopic (exact) mass is 418 g/mol. The molecule has 0 bridgehead atoms. The number of unbranched alkanes of at least 4 members (excludes halogenated alkanes) is 5. The standard InChI is InChI=1S/C13H25Br3/c1-3-5-6-7-8-9-11-12(10-4-2)13(14,15)16/h12H,3-11H2,1-2H3. The Kier molecular flexibility index (Phi) is 11.3. The predicted octanol–water partition coefficient (Wildman–Crippen LogP) is 6.99. The molecular weight excluding hydrogens is 396 g/mol. The maximum absolute atomic E-state index is 3.67. The summed E-state index contributed by atoms with van der Waals surface area (Å²) in [6, 6.07) is 0. The van der Waals surface area contributed by atoms with Crippen LogP contribution in [-0.2, 0) is 0 Å². The van der Waals surface area contributed by atoms with Gasteiger partial charge in [0.2, 0.25) is 0 Å². The molecule has 0 aliphatic rings. The summed E-state index contributed by atoms with van der Waals surface area (Å²) in [6.07, 6.45) is 12.2. The third-order valence-corrected chi connectivity index (χ3v) is 4.95. The van der Waals surface area contributed by atoms with Gasteiger partial charge in [-0.05, 0) is 18.8 Å². The smallest absolute Gasteiger partial charge is 0.0654 e. The van der Waals surface area contributed by atoms with Crippen LogP contribution in [0.2, 0.25) is 0 Å². The molecule has 16 heavy (non-hydrogen) atoms. The molecule has 0 aliphatic carbocycles. The third-order valence-electron chi connectivity index (χ3n) is 3.01. The molecule has 0 aromatic heterocycles. The second kappa shape index (κ2) is 10.4. The van der Waals surface area contributed by atoms with Gasteiger partial charge in [-0.2, -0.15) is 0 Å². The highest BCUT2D eigenvalue weighted by Crippen LogP contribution is 2.45. The lowest BCUT2D eigenvalue weighted by Crippen LogP contribution is -2.17. The van der Waals surface area contributed by atoms with Crippen LogP contribution in [0.4, 0.5) is 0 Å². The summed E-state index contributed by atoms with van der Waals surface area (Å²) in [6.45, 7) is 4.53. The first-order chi connectivity index (χ1) is 7.52. The van der Waals surface area contributed by atoms with Gasteiger partial charge in [-0.25, -0.2) is 0 Å². The molecule has 98 valence electrons. The van der Waals surface area contributed by atoms with Crippen molar-refractivity contribution in [1.82, 2.24) is 0 Å². The summed E-state index contributed by atoms with van der Waals surface area (Å²) in [7, 11) is 0. The zero-order valence-electron chi connectivity index (χ0n) is 10.6. The minimum Gasteiger partial charge on any atom is -0.0654 e. The molecule has 0 spiro atoms. The van der Waals surface area contributed by atoms with Gasteiger partial charge in [-0.1, -0.05) is 107 Å². The lowest BCUT2D eigenvalue weighted by molar-refractivity contribution is 0.442. The zero-order valence-corrected chi connectivity index (χ0v) is 15.3. The molecule has 0 fully saturated rings. The van der Waals surface area contributed by atoms with Crippen LogP contribution in [0, 0.1) is 5.92 Å². The maximum Gasteiger partial charge on any atom is 0.137 e. The molecule has 0 aliphatic heterocycles. The van der Waals surface area contributed by atoms with Gasteiger partial charge < -0.3 is 0 Å². The second-order valence-corrected chi connectivity index (χ2v) is 11.5. The Morgan fingerprint density at radius 1 is 0.750 bits per heavy atom. The topological polar surface area (TPSA) is 0 Å². The molecule has 0 radical (unpaired) electrons. The van der Waals surface area contributed by atoms with Crippen molar-refractivity contribution in [3.63, 3.8) is 0 Å². The van der Waals surface area contributed by atoms with E-state index in [-0.39, 0.29) is 2.14 Å². The fourth-order valence-electron chi connectivity index (χ4n) is 1.99. The Morgan fingerprint density at radius 3 is 1.81 bits per heavy atom. The fraction of sp³-hybridized carbons (Fsp3) is 1.00. The minimum absolute atomic E-state index is 0.0492. The van der Waals surface area contributed by atoms with Crippen molar-refractivity contribution < 1.29 is 0 Å². The average molecular weight is 421 g/mol. The van der Waals surface area contributed by atoms with Gasteiger partial charge >= 0.3 is 0 Å². The fourth-order valence-corrected chi connectivity index (χ4v) is 3.36. The molecule has 0 N–H and O–H groups in total. The summed E-state index contributed by atoms with van der Waals surface area (Å²) in [5, 5.41) is 0. The number of rotatable bonds is 9. The SMILES string of the molecule is CCCCCCCCC(CCC)C(Br)(Br)Br. The molecule has 0 rings (SSSR count). The van der Waals surface area contributed by atoms with Crippen LogP contribution in [0.1, 0.15) is 71.6 Å². The molecule has 0 aromatic carbocycles. The van der Waals surface area contributed by atoms with Gasteiger partial charge in [-0.15, -0.1) is 0 Å². The largest absolute Gasteiger partial charge is 0.137 e. The van der Waals surface area contributed by atoms with Crippen LogP contribution in [0.5, 0.6) is 0 Å². The number of hydrogen-bond acceptors (Lipinski definition) is 0. The van der Waals surface area contributed by atoms with Gasteiger partial charge in [0.1, 0.15) is 2.14 Å². The molecule has 3 heteroatoms. The zero-order chi connectivity index (χ0) is 12.4. The van der Waals surface area contributed by atoms with Gasteiger partial charge in [-0.3, -0.25) is 0 Å². The molecular formula is C13H25Br3. The molecule has 0 aromatic rings. The van der Waals surface area contributed by atoms with E-state index in [1.165, 1.54) is 57.8 Å². The van der Waals surface area contributed by atoms with E-state index < -0.39 is 0 Å². The quantitative estimate of drug-likeness (QED) is 0.278. The number of alkyl halides is 3. The molecule has 0 saturated heterocycles. The van der Waals surface area contributed by atoms with Crippen molar-refractivity contribution in [2.75, 3.05) is 0 Å². The van der Waals surface area contributed by atoms with E-state index in [0.717, 1.165) is 0 Å². The van der Waals surface area contributed by atoms with Crippen molar-refractivity contribution >= 4 is 47.8 Å². The Hall–Kier alpha value is 1.44. The average Bonchev–Trinajstić information content (AvgIpc) is 2.20. The maximum atomic E-state index is 3.67. The predicted molar refractivity (Wildman–Crippen MR) is 85.9 cm³/mol. The Bertz CT molecular complexity index is 152. The number of halogens is 3. The highest BCUT2D eigenvalue weighted by molar-refractivity contribution is 9.39. The first kappa shape index (κ1) is 17.4. The lowest BCUT2D eigenvalue weighted by Gasteiger charge is -2.25. The Balaban J connectivity index is 3.61. The van der Waals surface area contributed by atoms with Gasteiger partial charge in [0.25, 0.3) is 0 Å². The van der Waals surface area contributed by atoms with Gasteiger partial charge in [0.05, 0.1) is 0 Å². The third kappa shape index (κ3) is 9.47. The van der Waals surface area contributed by atoms with Crippen molar-refractivity contribution in [3.05, 3.63) is 0 Å². The van der Waals surface area contributed by atoms with E-state index in [2.05, 4.69) is 61.6 Å². The lowest BCUT2D eigenvalue weighted by atomic mass is 9.98. The summed E-state index contributed by atoms with van der Waals surface area (Å²) in [5.41, 5.74) is 0. The van der Waals surface area contributed by atoms with E-state index >= 15 is 0 Å². The molecule has 0 saturated carbocycles. The molecule has 0 heterocycles. The second-order valence-electron chi connectivity index (χ2n) is 4.58. The van der Waals surface area contributed by atoms with Crippen LogP contribution >= 0.6 is 47.8 Å². The first-order valence-electron chi connectivity index (χ1n) is 6.59. The van der Waals surface area contributed by atoms with Crippen molar-refractivity contribution in [3.8, 4) is 0 Å². The number of hydrogen-bond donors (Lipinski definition) is 0. The van der Waals surface area contributed by atoms with Crippen molar-refractivity contribution in [2.45, 2.75) is 73.8 Å². The van der Waals surface area contributed by atoms with Crippen LogP contribution in [0.3, 0.4) is 0 Å². The molecule has 1 unspecified atom stereocenters. The summed E-state index contributed by atoms with van der Waals surface area (Å²) >= 11 is 11.0. The minimum atomic E-state index is -0.0492. The Labute approximate surface area is 127 Å².